The minimum Gasteiger partial charge on any atom is -0.475 e. The summed E-state index contributed by atoms with van der Waals surface area (Å²) in [6, 6.07) is 12.0. The van der Waals surface area contributed by atoms with E-state index in [0.29, 0.717) is 23.9 Å². The fourth-order valence-corrected chi connectivity index (χ4v) is 7.00. The van der Waals surface area contributed by atoms with Crippen molar-refractivity contribution in [1.82, 2.24) is 15.3 Å². The molecule has 0 saturated heterocycles. The molecule has 1 atom stereocenters. The van der Waals surface area contributed by atoms with Crippen molar-refractivity contribution < 1.29 is 17.9 Å². The Hall–Kier alpha value is -3.46. The predicted octanol–water partition coefficient (Wildman–Crippen LogP) is 6.22. The average Bonchev–Trinajstić information content (AvgIpc) is 3.41. The third-order valence-electron chi connectivity index (χ3n) is 7.93. The van der Waals surface area contributed by atoms with Crippen LogP contribution in [0.4, 0.5) is 5.95 Å². The number of hydrogen-bond donors (Lipinski definition) is 2. The van der Waals surface area contributed by atoms with Crippen LogP contribution in [-0.2, 0) is 16.4 Å². The van der Waals surface area contributed by atoms with Crippen molar-refractivity contribution >= 4 is 21.9 Å². The SMILES string of the molecule is Cc1cccc(CC2CCCC2)c1-c1nc2nc(c1C)OC[C@@H](CC(C)(C)C)NC(=O)c1cccc(c1)S(=O)(=O)N2. The van der Waals surface area contributed by atoms with Crippen molar-refractivity contribution in [3.05, 3.63) is 64.7 Å². The largest absolute Gasteiger partial charge is 0.475 e. The lowest BCUT2D eigenvalue weighted by Crippen LogP contribution is -2.41. The van der Waals surface area contributed by atoms with E-state index in [4.69, 9.17) is 9.72 Å². The van der Waals surface area contributed by atoms with E-state index in [-0.39, 0.29) is 40.4 Å². The highest BCUT2D eigenvalue weighted by Gasteiger charge is 2.27. The van der Waals surface area contributed by atoms with E-state index >= 15 is 0 Å². The molecule has 0 spiro atoms. The first kappa shape index (κ1) is 29.0. The molecular formula is C32H40N4O4S. The first-order valence-corrected chi connectivity index (χ1v) is 15.9. The summed E-state index contributed by atoms with van der Waals surface area (Å²) in [5, 5.41) is 3.06. The lowest BCUT2D eigenvalue weighted by molar-refractivity contribution is 0.0903. The fourth-order valence-electron chi connectivity index (χ4n) is 6.01. The molecule has 1 aromatic heterocycles. The summed E-state index contributed by atoms with van der Waals surface area (Å²) in [7, 11) is -4.09. The first-order valence-electron chi connectivity index (χ1n) is 14.4. The van der Waals surface area contributed by atoms with Crippen molar-refractivity contribution in [3.8, 4) is 17.1 Å². The topological polar surface area (TPSA) is 110 Å². The second kappa shape index (κ2) is 11.4. The van der Waals surface area contributed by atoms with Gasteiger partial charge in [-0.15, -0.1) is 0 Å². The molecule has 1 saturated carbocycles. The van der Waals surface area contributed by atoms with Gasteiger partial charge in [-0.1, -0.05) is 70.7 Å². The second-order valence-electron chi connectivity index (χ2n) is 12.7. The number of amides is 1. The zero-order valence-corrected chi connectivity index (χ0v) is 25.4. The number of nitrogens with zero attached hydrogens (tertiary/aromatic N) is 2. The predicted molar refractivity (Wildman–Crippen MR) is 161 cm³/mol. The Balaban J connectivity index is 1.64. The van der Waals surface area contributed by atoms with Crippen molar-refractivity contribution in [2.45, 2.75) is 84.1 Å². The lowest BCUT2D eigenvalue weighted by Gasteiger charge is -2.27. The Morgan fingerprint density at radius 2 is 1.76 bits per heavy atom. The standard InChI is InChI=1S/C32H40N4O4S/c1-20-10-8-13-23(16-22-11-6-7-12-22)27(20)28-21(2)30-35-31(34-28)36-41(38,39)26-15-9-14-24(17-26)29(37)33-25(19-40-30)18-32(3,4)5/h8-10,13-15,17,22,25H,6-7,11-12,16,18-19H2,1-5H3,(H,33,37)(H,34,35,36)/t25-/m1/s1. The van der Waals surface area contributed by atoms with Gasteiger partial charge in [-0.2, -0.15) is 4.98 Å². The highest BCUT2D eigenvalue weighted by molar-refractivity contribution is 7.92. The molecular weight excluding hydrogens is 536 g/mol. The Labute approximate surface area is 243 Å². The molecule has 0 unspecified atom stereocenters. The van der Waals surface area contributed by atoms with Crippen LogP contribution in [0, 0.1) is 25.2 Å². The van der Waals surface area contributed by atoms with Gasteiger partial charge in [0.1, 0.15) is 6.61 Å². The molecule has 2 N–H and O–H groups in total. The van der Waals surface area contributed by atoms with Gasteiger partial charge < -0.3 is 10.1 Å². The van der Waals surface area contributed by atoms with E-state index < -0.39 is 10.0 Å². The summed E-state index contributed by atoms with van der Waals surface area (Å²) in [5.41, 5.74) is 4.80. The summed E-state index contributed by atoms with van der Waals surface area (Å²) in [6.07, 6.45) is 6.56. The lowest BCUT2D eigenvalue weighted by atomic mass is 9.88. The van der Waals surface area contributed by atoms with Crippen LogP contribution >= 0.6 is 0 Å². The van der Waals surface area contributed by atoms with E-state index in [2.05, 4.69) is 60.9 Å². The molecule has 8 nitrogen and oxygen atoms in total. The number of aromatic nitrogens is 2. The van der Waals surface area contributed by atoms with Gasteiger partial charge in [-0.25, -0.2) is 18.1 Å². The molecule has 1 aliphatic heterocycles. The number of nitrogens with one attached hydrogen (secondary N) is 2. The minimum atomic E-state index is -4.09. The van der Waals surface area contributed by atoms with Crippen LogP contribution in [0.25, 0.3) is 11.3 Å². The van der Waals surface area contributed by atoms with Crippen LogP contribution in [0.15, 0.2) is 47.4 Å². The maximum Gasteiger partial charge on any atom is 0.264 e. The number of carbonyl (C=O) groups is 1. The average molecular weight is 577 g/mol. The first-order chi connectivity index (χ1) is 19.4. The summed E-state index contributed by atoms with van der Waals surface area (Å²) >= 11 is 0. The van der Waals surface area contributed by atoms with Gasteiger partial charge >= 0.3 is 0 Å². The number of fused-ring (bicyclic) bond motifs is 4. The van der Waals surface area contributed by atoms with Gasteiger partial charge in [0.05, 0.1) is 16.6 Å². The summed E-state index contributed by atoms with van der Waals surface area (Å²) in [6.45, 7) is 10.5. The van der Waals surface area contributed by atoms with E-state index in [1.54, 1.807) is 12.1 Å². The molecule has 218 valence electrons. The third kappa shape index (κ3) is 6.72. The van der Waals surface area contributed by atoms with Gasteiger partial charge in [-0.3, -0.25) is 4.79 Å². The number of aryl methyl sites for hydroxylation is 1. The normalized spacial score (nSPS) is 19.2. The highest BCUT2D eigenvalue weighted by atomic mass is 32.2. The molecule has 4 bridgehead atoms. The molecule has 1 fully saturated rings. The number of carbonyl (C=O) groups excluding carboxylic acids is 1. The Morgan fingerprint density at radius 1 is 1.02 bits per heavy atom. The van der Waals surface area contributed by atoms with E-state index in [0.717, 1.165) is 23.1 Å². The van der Waals surface area contributed by atoms with Crippen LogP contribution in [0.2, 0.25) is 0 Å². The number of anilines is 1. The highest BCUT2D eigenvalue weighted by Crippen LogP contribution is 2.37. The summed E-state index contributed by atoms with van der Waals surface area (Å²) in [4.78, 5) is 22.5. The van der Waals surface area contributed by atoms with Gasteiger partial charge in [0.25, 0.3) is 15.9 Å². The molecule has 1 aliphatic carbocycles. The molecule has 2 aliphatic rings. The van der Waals surface area contributed by atoms with Gasteiger partial charge in [0.2, 0.25) is 11.8 Å². The minimum absolute atomic E-state index is 0.0391. The van der Waals surface area contributed by atoms with Crippen LogP contribution in [-0.4, -0.2) is 36.9 Å². The van der Waals surface area contributed by atoms with Crippen LogP contribution in [0.3, 0.4) is 0 Å². The third-order valence-corrected chi connectivity index (χ3v) is 9.25. The smallest absolute Gasteiger partial charge is 0.264 e. The zero-order chi connectivity index (χ0) is 29.4. The second-order valence-corrected chi connectivity index (χ2v) is 14.4. The monoisotopic (exact) mass is 576 g/mol. The number of rotatable bonds is 4. The number of sulfonamides is 1. The van der Waals surface area contributed by atoms with E-state index in [9.17, 15) is 13.2 Å². The number of ether oxygens (including phenoxy) is 1. The Bertz CT molecular complexity index is 1560. The summed E-state index contributed by atoms with van der Waals surface area (Å²) in [5.74, 6) is 0.502. The van der Waals surface area contributed by atoms with Crippen LogP contribution in [0.1, 0.15) is 79.9 Å². The Morgan fingerprint density at radius 3 is 2.49 bits per heavy atom. The molecule has 9 heteroatoms. The van der Waals surface area contributed by atoms with Crippen molar-refractivity contribution in [2.24, 2.45) is 11.3 Å². The van der Waals surface area contributed by atoms with E-state index in [1.165, 1.54) is 43.4 Å². The summed E-state index contributed by atoms with van der Waals surface area (Å²) < 4.78 is 35.8. The van der Waals surface area contributed by atoms with Crippen LogP contribution < -0.4 is 14.8 Å². The molecule has 1 amide bonds. The maximum absolute atomic E-state index is 13.5. The fraction of sp³-hybridized carbons (Fsp3) is 0.469. The van der Waals surface area contributed by atoms with Gasteiger partial charge in [0, 0.05) is 16.7 Å². The van der Waals surface area contributed by atoms with Crippen molar-refractivity contribution in [1.29, 1.82) is 0 Å². The van der Waals surface area contributed by atoms with Crippen molar-refractivity contribution in [3.63, 3.8) is 0 Å². The number of hydrogen-bond acceptors (Lipinski definition) is 6. The molecule has 2 heterocycles. The molecule has 5 rings (SSSR count). The van der Waals surface area contributed by atoms with Gasteiger partial charge in [0.15, 0.2) is 0 Å². The number of benzene rings is 2. The molecule has 41 heavy (non-hydrogen) atoms. The van der Waals surface area contributed by atoms with Crippen LogP contribution in [0.5, 0.6) is 5.88 Å². The Kier molecular flexibility index (Phi) is 8.10. The van der Waals surface area contributed by atoms with Gasteiger partial charge in [-0.05, 0) is 67.3 Å². The van der Waals surface area contributed by atoms with Crippen molar-refractivity contribution in [2.75, 3.05) is 11.3 Å². The quantitative estimate of drug-likeness (QED) is 0.382. The molecule has 2 aromatic carbocycles. The maximum atomic E-state index is 13.5. The zero-order valence-electron chi connectivity index (χ0n) is 24.6. The molecule has 3 aromatic rings. The van der Waals surface area contributed by atoms with E-state index in [1.807, 2.05) is 6.92 Å². The molecule has 0 radical (unpaired) electrons.